The fourth-order valence-corrected chi connectivity index (χ4v) is 2.71. The van der Waals surface area contributed by atoms with Gasteiger partial charge >= 0.3 is 0 Å². The lowest BCUT2D eigenvalue weighted by Gasteiger charge is -2.21. The smallest absolute Gasteiger partial charge is 0.262 e. The van der Waals surface area contributed by atoms with Crippen molar-refractivity contribution in [2.24, 2.45) is 0 Å². The third-order valence-electron chi connectivity index (χ3n) is 4.04. The third kappa shape index (κ3) is 4.51. The Labute approximate surface area is 144 Å². The van der Waals surface area contributed by atoms with Crippen LogP contribution < -0.4 is 15.0 Å². The molecule has 0 aliphatic rings. The van der Waals surface area contributed by atoms with Crippen LogP contribution in [0.2, 0.25) is 0 Å². The topological polar surface area (TPSA) is 41.6 Å². The van der Waals surface area contributed by atoms with Gasteiger partial charge in [0.05, 0.1) is 0 Å². The summed E-state index contributed by atoms with van der Waals surface area (Å²) < 4.78 is 5.68. The number of amides is 1. The molecule has 0 aliphatic heterocycles. The average Bonchev–Trinajstić information content (AvgIpc) is 2.57. The molecule has 0 saturated carbocycles. The van der Waals surface area contributed by atoms with Crippen molar-refractivity contribution in [2.75, 3.05) is 29.9 Å². The monoisotopic (exact) mass is 326 g/mol. The molecule has 0 unspecified atom stereocenters. The number of ether oxygens (including phenoxy) is 1. The summed E-state index contributed by atoms with van der Waals surface area (Å²) in [5.41, 5.74) is 4.00. The van der Waals surface area contributed by atoms with Crippen LogP contribution in [0.15, 0.2) is 42.5 Å². The molecule has 0 atom stereocenters. The molecule has 4 nitrogen and oxygen atoms in total. The molecular formula is C20H26N2O2. The highest BCUT2D eigenvalue weighted by Crippen LogP contribution is 2.22. The molecule has 0 fully saturated rings. The first-order valence-electron chi connectivity index (χ1n) is 8.39. The summed E-state index contributed by atoms with van der Waals surface area (Å²) in [4.78, 5) is 14.4. The molecule has 0 heterocycles. The fourth-order valence-electron chi connectivity index (χ4n) is 2.71. The maximum Gasteiger partial charge on any atom is 0.262 e. The molecule has 0 radical (unpaired) electrons. The molecule has 1 amide bonds. The van der Waals surface area contributed by atoms with Crippen LogP contribution in [-0.2, 0) is 4.79 Å². The van der Waals surface area contributed by atoms with E-state index in [0.717, 1.165) is 41.3 Å². The SMILES string of the molecule is CCN(CC)c1ccc(NC(=O)COc2c(C)cccc2C)cc1. The molecule has 0 bridgehead atoms. The Morgan fingerprint density at radius 1 is 1.00 bits per heavy atom. The third-order valence-corrected chi connectivity index (χ3v) is 4.04. The number of rotatable bonds is 7. The highest BCUT2D eigenvalue weighted by molar-refractivity contribution is 5.92. The van der Waals surface area contributed by atoms with E-state index < -0.39 is 0 Å². The zero-order valence-corrected chi connectivity index (χ0v) is 14.9. The highest BCUT2D eigenvalue weighted by Gasteiger charge is 2.08. The molecule has 2 aromatic carbocycles. The van der Waals surface area contributed by atoms with Gasteiger partial charge in [0.25, 0.3) is 5.91 Å². The van der Waals surface area contributed by atoms with Gasteiger partial charge in [0.2, 0.25) is 0 Å². The number of benzene rings is 2. The molecule has 24 heavy (non-hydrogen) atoms. The Kier molecular flexibility index (Phi) is 6.24. The van der Waals surface area contributed by atoms with Crippen LogP contribution in [0.1, 0.15) is 25.0 Å². The quantitative estimate of drug-likeness (QED) is 0.830. The van der Waals surface area contributed by atoms with Crippen molar-refractivity contribution in [1.29, 1.82) is 0 Å². The number of para-hydroxylation sites is 1. The first-order chi connectivity index (χ1) is 11.5. The van der Waals surface area contributed by atoms with Gasteiger partial charge in [-0.3, -0.25) is 4.79 Å². The summed E-state index contributed by atoms with van der Waals surface area (Å²) in [5.74, 6) is 0.623. The second-order valence-electron chi connectivity index (χ2n) is 5.78. The Hall–Kier alpha value is -2.49. The summed E-state index contributed by atoms with van der Waals surface area (Å²) >= 11 is 0. The van der Waals surface area contributed by atoms with E-state index in [-0.39, 0.29) is 12.5 Å². The largest absolute Gasteiger partial charge is 0.483 e. The van der Waals surface area contributed by atoms with E-state index in [1.807, 2.05) is 56.3 Å². The first-order valence-corrected chi connectivity index (χ1v) is 8.39. The predicted molar refractivity (Wildman–Crippen MR) is 100 cm³/mol. The van der Waals surface area contributed by atoms with Crippen LogP contribution in [0, 0.1) is 13.8 Å². The number of nitrogens with zero attached hydrogens (tertiary/aromatic N) is 1. The van der Waals surface area contributed by atoms with E-state index >= 15 is 0 Å². The van der Waals surface area contributed by atoms with Crippen LogP contribution in [-0.4, -0.2) is 25.6 Å². The number of anilines is 2. The number of carbonyl (C=O) groups is 1. The molecule has 128 valence electrons. The van der Waals surface area contributed by atoms with Crippen molar-refractivity contribution in [3.05, 3.63) is 53.6 Å². The Balaban J connectivity index is 1.93. The van der Waals surface area contributed by atoms with Crippen LogP contribution in [0.4, 0.5) is 11.4 Å². The summed E-state index contributed by atoms with van der Waals surface area (Å²) in [7, 11) is 0. The van der Waals surface area contributed by atoms with Gasteiger partial charge in [0, 0.05) is 24.5 Å². The molecule has 0 spiro atoms. The standard InChI is InChI=1S/C20H26N2O2/c1-5-22(6-2)18-12-10-17(11-13-18)21-19(23)14-24-20-15(3)8-7-9-16(20)4/h7-13H,5-6,14H2,1-4H3,(H,21,23). The van der Waals surface area contributed by atoms with E-state index in [0.29, 0.717) is 0 Å². The van der Waals surface area contributed by atoms with Gasteiger partial charge in [0.1, 0.15) is 5.75 Å². The Morgan fingerprint density at radius 3 is 2.12 bits per heavy atom. The number of carbonyl (C=O) groups excluding carboxylic acids is 1. The molecular weight excluding hydrogens is 300 g/mol. The van der Waals surface area contributed by atoms with Crippen LogP contribution >= 0.6 is 0 Å². The predicted octanol–water partition coefficient (Wildman–Crippen LogP) is 4.17. The maximum atomic E-state index is 12.1. The van der Waals surface area contributed by atoms with Gasteiger partial charge in [-0.15, -0.1) is 0 Å². The molecule has 2 rings (SSSR count). The second kappa shape index (κ2) is 8.39. The Morgan fingerprint density at radius 2 is 1.58 bits per heavy atom. The number of hydrogen-bond acceptors (Lipinski definition) is 3. The summed E-state index contributed by atoms with van der Waals surface area (Å²) in [6.07, 6.45) is 0. The van der Waals surface area contributed by atoms with Gasteiger partial charge < -0.3 is 15.0 Å². The van der Waals surface area contributed by atoms with Crippen molar-refractivity contribution in [1.82, 2.24) is 0 Å². The number of hydrogen-bond donors (Lipinski definition) is 1. The van der Waals surface area contributed by atoms with Crippen molar-refractivity contribution >= 4 is 17.3 Å². The minimum Gasteiger partial charge on any atom is -0.483 e. The average molecular weight is 326 g/mol. The van der Waals surface area contributed by atoms with Crippen LogP contribution in [0.5, 0.6) is 5.75 Å². The normalized spacial score (nSPS) is 10.3. The molecule has 0 aliphatic carbocycles. The summed E-state index contributed by atoms with van der Waals surface area (Å²) in [6, 6.07) is 13.8. The second-order valence-corrected chi connectivity index (χ2v) is 5.78. The highest BCUT2D eigenvalue weighted by atomic mass is 16.5. The summed E-state index contributed by atoms with van der Waals surface area (Å²) in [5, 5.41) is 2.87. The van der Waals surface area contributed by atoms with Gasteiger partial charge in [-0.05, 0) is 63.1 Å². The van der Waals surface area contributed by atoms with E-state index in [1.165, 1.54) is 0 Å². The van der Waals surface area contributed by atoms with Crippen LogP contribution in [0.3, 0.4) is 0 Å². The van der Waals surface area contributed by atoms with Gasteiger partial charge in [-0.2, -0.15) is 0 Å². The van der Waals surface area contributed by atoms with E-state index in [2.05, 4.69) is 24.1 Å². The van der Waals surface area contributed by atoms with Crippen molar-refractivity contribution < 1.29 is 9.53 Å². The van der Waals surface area contributed by atoms with Crippen molar-refractivity contribution in [2.45, 2.75) is 27.7 Å². The lowest BCUT2D eigenvalue weighted by Crippen LogP contribution is -2.22. The van der Waals surface area contributed by atoms with E-state index in [1.54, 1.807) is 0 Å². The summed E-state index contributed by atoms with van der Waals surface area (Å²) in [6.45, 7) is 10.1. The zero-order chi connectivity index (χ0) is 17.5. The molecule has 2 aromatic rings. The molecule has 0 aromatic heterocycles. The van der Waals surface area contributed by atoms with Gasteiger partial charge in [0.15, 0.2) is 6.61 Å². The first kappa shape index (κ1) is 17.9. The minimum absolute atomic E-state index is 0.00346. The number of nitrogens with one attached hydrogen (secondary N) is 1. The lowest BCUT2D eigenvalue weighted by molar-refractivity contribution is -0.118. The maximum absolute atomic E-state index is 12.1. The van der Waals surface area contributed by atoms with Gasteiger partial charge in [-0.1, -0.05) is 18.2 Å². The van der Waals surface area contributed by atoms with Gasteiger partial charge in [-0.25, -0.2) is 0 Å². The number of aryl methyl sites for hydroxylation is 2. The molecule has 4 heteroatoms. The minimum atomic E-state index is -0.159. The molecule has 0 saturated heterocycles. The van der Waals surface area contributed by atoms with Crippen molar-refractivity contribution in [3.8, 4) is 5.75 Å². The molecule has 1 N–H and O–H groups in total. The van der Waals surface area contributed by atoms with Crippen LogP contribution in [0.25, 0.3) is 0 Å². The lowest BCUT2D eigenvalue weighted by atomic mass is 10.1. The Bertz CT molecular complexity index is 656. The van der Waals surface area contributed by atoms with E-state index in [9.17, 15) is 4.79 Å². The fraction of sp³-hybridized carbons (Fsp3) is 0.350. The van der Waals surface area contributed by atoms with E-state index in [4.69, 9.17) is 4.74 Å². The van der Waals surface area contributed by atoms with Crippen molar-refractivity contribution in [3.63, 3.8) is 0 Å². The zero-order valence-electron chi connectivity index (χ0n) is 14.9.